The molecule has 0 aliphatic rings. The number of nitrogens with one attached hydrogen (secondary N) is 2. The highest BCUT2D eigenvalue weighted by Crippen LogP contribution is 2.17. The lowest BCUT2D eigenvalue weighted by atomic mass is 10.1. The van der Waals surface area contributed by atoms with Gasteiger partial charge in [-0.25, -0.2) is 4.98 Å². The topological polar surface area (TPSA) is 71.1 Å². The van der Waals surface area contributed by atoms with Gasteiger partial charge < -0.3 is 10.6 Å². The highest BCUT2D eigenvalue weighted by molar-refractivity contribution is 6.43. The maximum Gasteiger partial charge on any atom is 0.315 e. The van der Waals surface area contributed by atoms with Gasteiger partial charge in [-0.15, -0.1) is 0 Å². The largest absolute Gasteiger partial charge is 0.318 e. The first kappa shape index (κ1) is 14.7. The van der Waals surface area contributed by atoms with Gasteiger partial charge in [0.05, 0.1) is 0 Å². The minimum Gasteiger partial charge on any atom is -0.318 e. The number of hydrogen-bond donors (Lipinski definition) is 2. The smallest absolute Gasteiger partial charge is 0.315 e. The number of pyridine rings is 1. The van der Waals surface area contributed by atoms with Gasteiger partial charge in [-0.1, -0.05) is 18.2 Å². The van der Waals surface area contributed by atoms with Crippen molar-refractivity contribution in [2.75, 3.05) is 10.6 Å². The lowest BCUT2D eigenvalue weighted by Gasteiger charge is -2.10. The molecule has 1 aromatic heterocycles. The van der Waals surface area contributed by atoms with Gasteiger partial charge in [0.25, 0.3) is 0 Å². The Hall–Kier alpha value is -2.69. The van der Waals surface area contributed by atoms with Crippen LogP contribution in [0.15, 0.2) is 36.4 Å². The van der Waals surface area contributed by atoms with Crippen molar-refractivity contribution in [1.29, 1.82) is 0 Å². The Morgan fingerprint density at radius 2 is 1.57 bits per heavy atom. The van der Waals surface area contributed by atoms with Gasteiger partial charge in [0.2, 0.25) is 0 Å². The molecule has 0 bridgehead atoms. The highest BCUT2D eigenvalue weighted by Gasteiger charge is 2.15. The number of aryl methyl sites for hydroxylation is 2. The Morgan fingerprint density at radius 1 is 0.905 bits per heavy atom. The number of aromatic nitrogens is 1. The van der Waals surface area contributed by atoms with E-state index >= 15 is 0 Å². The van der Waals surface area contributed by atoms with Crippen LogP contribution in [0.4, 0.5) is 11.5 Å². The quantitative estimate of drug-likeness (QED) is 0.832. The minimum atomic E-state index is -0.742. The summed E-state index contributed by atoms with van der Waals surface area (Å²) in [5.41, 5.74) is 3.39. The third kappa shape index (κ3) is 3.66. The molecule has 0 aliphatic heterocycles. The third-order valence-corrected chi connectivity index (χ3v) is 3.19. The number of hydrogen-bond acceptors (Lipinski definition) is 3. The third-order valence-electron chi connectivity index (χ3n) is 3.19. The Labute approximate surface area is 123 Å². The fraction of sp³-hybridized carbons (Fsp3) is 0.188. The second-order valence-corrected chi connectivity index (χ2v) is 4.82. The molecule has 1 aromatic carbocycles. The van der Waals surface area contributed by atoms with Crippen LogP contribution in [-0.4, -0.2) is 16.8 Å². The molecule has 0 saturated heterocycles. The molecule has 108 valence electrons. The average molecular weight is 283 g/mol. The zero-order chi connectivity index (χ0) is 15.4. The molecule has 5 heteroatoms. The maximum atomic E-state index is 11.9. The van der Waals surface area contributed by atoms with Crippen LogP contribution in [0.5, 0.6) is 0 Å². The molecule has 0 atom stereocenters. The standard InChI is InChI=1S/C16H17N3O2/c1-10-6-4-8-13(12(10)3)18-15(20)16(21)19-14-9-5-7-11(2)17-14/h4-9H,1-3H3,(H,18,20)(H,17,19,21). The first-order valence-corrected chi connectivity index (χ1v) is 6.59. The lowest BCUT2D eigenvalue weighted by molar-refractivity contribution is -0.133. The van der Waals surface area contributed by atoms with Gasteiger partial charge in [0.1, 0.15) is 5.82 Å². The number of benzene rings is 1. The average Bonchev–Trinajstić information content (AvgIpc) is 2.44. The van der Waals surface area contributed by atoms with Crippen molar-refractivity contribution in [3.8, 4) is 0 Å². The van der Waals surface area contributed by atoms with Gasteiger partial charge in [0, 0.05) is 11.4 Å². The van der Waals surface area contributed by atoms with Crippen LogP contribution >= 0.6 is 0 Å². The van der Waals surface area contributed by atoms with Crippen LogP contribution < -0.4 is 10.6 Å². The summed E-state index contributed by atoms with van der Waals surface area (Å²) in [4.78, 5) is 27.9. The molecule has 2 aromatic rings. The Bertz CT molecular complexity index is 696. The van der Waals surface area contributed by atoms with E-state index in [-0.39, 0.29) is 0 Å². The molecular weight excluding hydrogens is 266 g/mol. The van der Waals surface area contributed by atoms with E-state index < -0.39 is 11.8 Å². The lowest BCUT2D eigenvalue weighted by Crippen LogP contribution is -2.29. The summed E-state index contributed by atoms with van der Waals surface area (Å²) < 4.78 is 0. The van der Waals surface area contributed by atoms with Crippen molar-refractivity contribution in [1.82, 2.24) is 4.98 Å². The van der Waals surface area contributed by atoms with E-state index in [2.05, 4.69) is 15.6 Å². The summed E-state index contributed by atoms with van der Waals surface area (Å²) in [7, 11) is 0. The predicted octanol–water partition coefficient (Wildman–Crippen LogP) is 2.58. The second-order valence-electron chi connectivity index (χ2n) is 4.82. The summed E-state index contributed by atoms with van der Waals surface area (Å²) in [6, 6.07) is 10.8. The van der Waals surface area contributed by atoms with Crippen molar-refractivity contribution in [2.45, 2.75) is 20.8 Å². The van der Waals surface area contributed by atoms with Crippen molar-refractivity contribution >= 4 is 23.3 Å². The summed E-state index contributed by atoms with van der Waals surface area (Å²) in [5.74, 6) is -1.10. The molecular formula is C16H17N3O2. The molecule has 1 heterocycles. The Morgan fingerprint density at radius 3 is 2.29 bits per heavy atom. The zero-order valence-electron chi connectivity index (χ0n) is 12.2. The van der Waals surface area contributed by atoms with Crippen molar-refractivity contribution in [2.24, 2.45) is 0 Å². The predicted molar refractivity (Wildman–Crippen MR) is 82.1 cm³/mol. The molecule has 0 fully saturated rings. The minimum absolute atomic E-state index is 0.358. The Balaban J connectivity index is 2.06. The molecule has 2 rings (SSSR count). The number of amides is 2. The number of carbonyl (C=O) groups excluding carboxylic acids is 2. The molecule has 0 saturated carbocycles. The zero-order valence-corrected chi connectivity index (χ0v) is 12.2. The van der Waals surface area contributed by atoms with E-state index in [9.17, 15) is 9.59 Å². The first-order valence-electron chi connectivity index (χ1n) is 6.59. The fourth-order valence-corrected chi connectivity index (χ4v) is 1.85. The van der Waals surface area contributed by atoms with E-state index in [0.29, 0.717) is 11.5 Å². The summed E-state index contributed by atoms with van der Waals surface area (Å²) in [6.07, 6.45) is 0. The molecule has 0 radical (unpaired) electrons. The van der Waals surface area contributed by atoms with E-state index in [1.165, 1.54) is 0 Å². The number of carbonyl (C=O) groups is 2. The maximum absolute atomic E-state index is 11.9. The Kier molecular flexibility index (Phi) is 4.33. The van der Waals surface area contributed by atoms with Crippen molar-refractivity contribution < 1.29 is 9.59 Å². The number of anilines is 2. The normalized spacial score (nSPS) is 10.0. The van der Waals surface area contributed by atoms with E-state index in [1.807, 2.05) is 39.0 Å². The molecule has 21 heavy (non-hydrogen) atoms. The van der Waals surface area contributed by atoms with Crippen LogP contribution in [-0.2, 0) is 9.59 Å². The summed E-state index contributed by atoms with van der Waals surface area (Å²) in [5, 5.41) is 5.08. The molecule has 5 nitrogen and oxygen atoms in total. The highest BCUT2D eigenvalue weighted by atomic mass is 16.2. The van der Waals surface area contributed by atoms with Crippen molar-refractivity contribution in [3.05, 3.63) is 53.2 Å². The van der Waals surface area contributed by atoms with Crippen LogP contribution in [0.1, 0.15) is 16.8 Å². The van der Waals surface area contributed by atoms with Crippen molar-refractivity contribution in [3.63, 3.8) is 0 Å². The van der Waals surface area contributed by atoms with Gasteiger partial charge >= 0.3 is 11.8 Å². The molecule has 0 spiro atoms. The second kappa shape index (κ2) is 6.17. The van der Waals surface area contributed by atoms with E-state index in [0.717, 1.165) is 16.8 Å². The number of rotatable bonds is 2. The number of nitrogens with zero attached hydrogens (tertiary/aromatic N) is 1. The van der Waals surface area contributed by atoms with Crippen LogP contribution in [0.25, 0.3) is 0 Å². The van der Waals surface area contributed by atoms with Crippen LogP contribution in [0.2, 0.25) is 0 Å². The van der Waals surface area contributed by atoms with Gasteiger partial charge in [0.15, 0.2) is 0 Å². The molecule has 2 N–H and O–H groups in total. The van der Waals surface area contributed by atoms with Gasteiger partial charge in [-0.3, -0.25) is 9.59 Å². The van der Waals surface area contributed by atoms with Gasteiger partial charge in [-0.2, -0.15) is 0 Å². The van der Waals surface area contributed by atoms with E-state index in [4.69, 9.17) is 0 Å². The fourth-order valence-electron chi connectivity index (χ4n) is 1.85. The monoisotopic (exact) mass is 283 g/mol. The molecule has 0 aliphatic carbocycles. The van der Waals surface area contributed by atoms with E-state index in [1.54, 1.807) is 18.2 Å². The molecule has 2 amide bonds. The van der Waals surface area contributed by atoms with Gasteiger partial charge in [-0.05, 0) is 50.1 Å². The SMILES string of the molecule is Cc1cccc(NC(=O)C(=O)Nc2cccc(C)c2C)n1. The molecule has 0 unspecified atom stereocenters. The summed E-state index contributed by atoms with van der Waals surface area (Å²) in [6.45, 7) is 5.65. The van der Waals surface area contributed by atoms with Crippen LogP contribution in [0, 0.1) is 20.8 Å². The summed E-state index contributed by atoms with van der Waals surface area (Å²) >= 11 is 0. The first-order chi connectivity index (χ1) is 9.97. The van der Waals surface area contributed by atoms with Crippen LogP contribution in [0.3, 0.4) is 0 Å².